The second kappa shape index (κ2) is 10.8. The topological polar surface area (TPSA) is 74.6 Å². The summed E-state index contributed by atoms with van der Waals surface area (Å²) in [5, 5.41) is 14.0. The molecule has 2 aliphatic rings. The van der Waals surface area contributed by atoms with E-state index in [2.05, 4.69) is 61.1 Å². The average molecular weight is 566 g/mol. The Bertz CT molecular complexity index is 1400. The van der Waals surface area contributed by atoms with E-state index in [0.29, 0.717) is 26.1 Å². The Morgan fingerprint density at radius 1 is 1.08 bits per heavy atom. The van der Waals surface area contributed by atoms with Crippen LogP contribution in [-0.2, 0) is 17.8 Å². The number of aliphatic carboxylic acids is 1. The number of benzene rings is 2. The first-order valence-corrected chi connectivity index (χ1v) is 15.6. The summed E-state index contributed by atoms with van der Waals surface area (Å²) in [7, 11) is 0. The van der Waals surface area contributed by atoms with Gasteiger partial charge in [-0.3, -0.25) is 9.69 Å². The lowest BCUT2D eigenvalue weighted by Crippen LogP contribution is -2.29. The average Bonchev–Trinajstić information content (AvgIpc) is 3.50. The molecule has 208 valence electrons. The van der Waals surface area contributed by atoms with Gasteiger partial charge in [-0.05, 0) is 80.5 Å². The van der Waals surface area contributed by atoms with Gasteiger partial charge in [0.25, 0.3) is 0 Å². The van der Waals surface area contributed by atoms with Gasteiger partial charge in [0, 0.05) is 62.7 Å². The number of carboxylic acids is 1. The fourth-order valence-electron chi connectivity index (χ4n) is 4.93. The van der Waals surface area contributed by atoms with Crippen molar-refractivity contribution in [3.8, 4) is 0 Å². The van der Waals surface area contributed by atoms with Gasteiger partial charge in [0.1, 0.15) is 0 Å². The molecule has 1 aromatic heterocycles. The molecule has 2 aromatic carbocycles. The molecule has 2 amide bonds. The first-order valence-electron chi connectivity index (χ1n) is 13.7. The van der Waals surface area contributed by atoms with Crippen LogP contribution in [0.25, 0.3) is 10.9 Å². The van der Waals surface area contributed by atoms with Crippen LogP contribution in [-0.4, -0.2) is 45.3 Å². The summed E-state index contributed by atoms with van der Waals surface area (Å²) in [6.07, 6.45) is 5.35. The highest BCUT2D eigenvalue weighted by Crippen LogP contribution is 2.41. The molecule has 0 atom stereocenters. The molecule has 1 aliphatic heterocycles. The van der Waals surface area contributed by atoms with E-state index in [4.69, 9.17) is 0 Å². The molecule has 0 spiro atoms. The zero-order valence-corrected chi connectivity index (χ0v) is 25.2. The lowest BCUT2D eigenvalue weighted by atomic mass is 9.84. The van der Waals surface area contributed by atoms with E-state index in [1.807, 2.05) is 35.7 Å². The molecular weight excluding hydrogens is 526 g/mol. The van der Waals surface area contributed by atoms with Gasteiger partial charge in [-0.2, -0.15) is 0 Å². The van der Waals surface area contributed by atoms with Gasteiger partial charge in [0.2, 0.25) is 0 Å². The third kappa shape index (κ3) is 6.60. The fraction of sp³-hybridized carbons (Fsp3) is 0.484. The minimum Gasteiger partial charge on any atom is -0.481 e. The van der Waals surface area contributed by atoms with Crippen LogP contribution in [0, 0.1) is 11.3 Å². The number of carbonyl (C=O) groups excluding carboxylic acids is 1. The van der Waals surface area contributed by atoms with E-state index in [1.165, 1.54) is 39.3 Å². The van der Waals surface area contributed by atoms with Crippen LogP contribution in [0.2, 0.25) is 0 Å². The Hall–Kier alpha value is -2.58. The monoisotopic (exact) mass is 565 g/mol. The van der Waals surface area contributed by atoms with Crippen molar-refractivity contribution in [2.45, 2.75) is 75.0 Å². The first kappa shape index (κ1) is 28.0. The minimum absolute atomic E-state index is 0.0743. The van der Waals surface area contributed by atoms with Crippen molar-refractivity contribution < 1.29 is 14.7 Å². The molecule has 0 unspecified atom stereocenters. The highest BCUT2D eigenvalue weighted by Gasteiger charge is 2.30. The number of urea groups is 1. The highest BCUT2D eigenvalue weighted by molar-refractivity contribution is 8.00. The molecule has 8 heteroatoms. The van der Waals surface area contributed by atoms with E-state index >= 15 is 0 Å². The molecular formula is C31H39N3O3S2. The number of nitrogens with zero attached hydrogens (tertiary/aromatic N) is 2. The molecule has 39 heavy (non-hydrogen) atoms. The number of aromatic nitrogens is 1. The summed E-state index contributed by atoms with van der Waals surface area (Å²) in [6, 6.07) is 12.8. The lowest BCUT2D eigenvalue weighted by Gasteiger charge is -2.23. The van der Waals surface area contributed by atoms with Gasteiger partial charge in [-0.25, -0.2) is 4.79 Å². The van der Waals surface area contributed by atoms with E-state index in [9.17, 15) is 14.7 Å². The quantitative estimate of drug-likeness (QED) is 0.253. The van der Waals surface area contributed by atoms with Gasteiger partial charge in [-0.1, -0.05) is 26.8 Å². The number of hydrogen-bond acceptors (Lipinski definition) is 4. The summed E-state index contributed by atoms with van der Waals surface area (Å²) in [5.74, 6) is 1.24. The number of carbonyl (C=O) groups is 2. The summed E-state index contributed by atoms with van der Waals surface area (Å²) < 4.78 is 2.37. The van der Waals surface area contributed by atoms with Crippen molar-refractivity contribution in [3.05, 3.63) is 53.7 Å². The van der Waals surface area contributed by atoms with E-state index < -0.39 is 11.4 Å². The van der Waals surface area contributed by atoms with E-state index in [-0.39, 0.29) is 10.8 Å². The predicted molar refractivity (Wildman–Crippen MR) is 162 cm³/mol. The number of thioether (sulfide) groups is 2. The largest absolute Gasteiger partial charge is 0.481 e. The summed E-state index contributed by atoms with van der Waals surface area (Å²) in [4.78, 5) is 28.7. The number of carboxylic acid groups (broad SMARTS) is 1. The molecule has 1 saturated heterocycles. The molecule has 6 nitrogen and oxygen atoms in total. The Kier molecular flexibility index (Phi) is 7.72. The summed E-state index contributed by atoms with van der Waals surface area (Å²) in [5.41, 5.74) is 3.10. The van der Waals surface area contributed by atoms with Gasteiger partial charge in [-0.15, -0.1) is 23.5 Å². The highest BCUT2D eigenvalue weighted by atomic mass is 32.2. The van der Waals surface area contributed by atoms with Crippen molar-refractivity contribution >= 4 is 52.1 Å². The van der Waals surface area contributed by atoms with E-state index in [1.54, 1.807) is 18.7 Å². The Labute approximate surface area is 239 Å². The zero-order valence-electron chi connectivity index (χ0n) is 23.5. The third-order valence-electron chi connectivity index (χ3n) is 7.33. The molecule has 3 aromatic rings. The van der Waals surface area contributed by atoms with E-state index in [0.717, 1.165) is 22.7 Å². The van der Waals surface area contributed by atoms with Crippen LogP contribution in [0.1, 0.15) is 58.6 Å². The first-order chi connectivity index (χ1) is 18.4. The van der Waals surface area contributed by atoms with Gasteiger partial charge >= 0.3 is 12.0 Å². The second-order valence-corrected chi connectivity index (χ2v) is 15.4. The second-order valence-electron chi connectivity index (χ2n) is 12.5. The predicted octanol–water partition coefficient (Wildman–Crippen LogP) is 7.27. The van der Waals surface area contributed by atoms with Crippen LogP contribution >= 0.6 is 23.5 Å². The number of nitrogens with one attached hydrogen (secondary N) is 1. The molecule has 5 rings (SSSR count). The van der Waals surface area contributed by atoms with Crippen molar-refractivity contribution in [2.24, 2.45) is 11.3 Å². The molecule has 0 radical (unpaired) electrons. The molecule has 2 fully saturated rings. The van der Waals surface area contributed by atoms with Crippen molar-refractivity contribution in [2.75, 3.05) is 23.7 Å². The van der Waals surface area contributed by atoms with Gasteiger partial charge in [0.05, 0.1) is 5.41 Å². The maximum absolute atomic E-state index is 12.3. The number of amides is 2. The molecule has 1 saturated carbocycles. The SMILES string of the molecule is CC(C)(C)Sc1cn(Cc2ccc(N3CCNC3=O)cc2CC(C)(C)C(=O)O)c2ccc(SCC3CC3)cc12. The maximum atomic E-state index is 12.3. The minimum atomic E-state index is -0.930. The molecule has 0 bridgehead atoms. The van der Waals surface area contributed by atoms with Crippen LogP contribution in [0.15, 0.2) is 52.4 Å². The normalized spacial score (nSPS) is 16.2. The number of hydrogen-bond donors (Lipinski definition) is 2. The van der Waals surface area contributed by atoms with Gasteiger partial charge in [0.15, 0.2) is 0 Å². The lowest BCUT2D eigenvalue weighted by molar-refractivity contribution is -0.146. The molecule has 2 heterocycles. The maximum Gasteiger partial charge on any atom is 0.321 e. The smallest absolute Gasteiger partial charge is 0.321 e. The Balaban J connectivity index is 1.52. The number of rotatable bonds is 10. The fourth-order valence-corrected chi connectivity index (χ4v) is 7.17. The van der Waals surface area contributed by atoms with Crippen molar-refractivity contribution in [3.63, 3.8) is 0 Å². The number of anilines is 1. The summed E-state index contributed by atoms with van der Waals surface area (Å²) >= 11 is 3.85. The standard InChI is InChI=1S/C31H39N3O3S2/c1-30(2,3)39-27-18-33(26-11-10-24(15-25(26)27)38-19-20-6-7-20)17-21-8-9-23(34-13-12-32-29(34)37)14-22(21)16-31(4,5)28(35)36/h8-11,14-15,18,20H,6-7,12-13,16-17,19H2,1-5H3,(H,32,37)(H,35,36). The summed E-state index contributed by atoms with van der Waals surface area (Å²) in [6.45, 7) is 12.1. The third-order valence-corrected chi connectivity index (χ3v) is 9.71. The molecule has 2 N–H and O–H groups in total. The number of fused-ring (bicyclic) bond motifs is 1. The Morgan fingerprint density at radius 2 is 1.85 bits per heavy atom. The van der Waals surface area contributed by atoms with Crippen LogP contribution in [0.4, 0.5) is 10.5 Å². The molecule has 1 aliphatic carbocycles. The van der Waals surface area contributed by atoms with Crippen molar-refractivity contribution in [1.82, 2.24) is 9.88 Å². The van der Waals surface area contributed by atoms with Crippen molar-refractivity contribution in [1.29, 1.82) is 0 Å². The van der Waals surface area contributed by atoms with Crippen LogP contribution in [0.3, 0.4) is 0 Å². The Morgan fingerprint density at radius 3 is 2.49 bits per heavy atom. The van der Waals surface area contributed by atoms with Crippen LogP contribution in [0.5, 0.6) is 0 Å². The van der Waals surface area contributed by atoms with Gasteiger partial charge < -0.3 is 15.0 Å². The zero-order chi connectivity index (χ0) is 27.9. The van der Waals surface area contributed by atoms with Crippen LogP contribution < -0.4 is 10.2 Å².